The van der Waals surface area contributed by atoms with Crippen LogP contribution in [0.25, 0.3) is 0 Å². The largest absolute Gasteiger partial charge is 0.504 e. The van der Waals surface area contributed by atoms with E-state index in [-0.39, 0.29) is 11.3 Å². The third-order valence-electron chi connectivity index (χ3n) is 3.22. The van der Waals surface area contributed by atoms with E-state index in [0.29, 0.717) is 5.75 Å². The molecule has 0 unspecified atom stereocenters. The summed E-state index contributed by atoms with van der Waals surface area (Å²) in [6.45, 7) is 3.81. The third kappa shape index (κ3) is 1.47. The predicted octanol–water partition coefficient (Wildman–Crippen LogP) is 1.97. The lowest BCUT2D eigenvalue weighted by Gasteiger charge is -2.18. The number of nitrogens with two attached hydrogens (primary N) is 1. The Bertz CT molecular complexity index is 409. The zero-order chi connectivity index (χ0) is 11.2. The van der Waals surface area contributed by atoms with E-state index < -0.39 is 0 Å². The summed E-state index contributed by atoms with van der Waals surface area (Å²) in [4.78, 5) is 0. The van der Waals surface area contributed by atoms with E-state index in [4.69, 9.17) is 10.5 Å². The molecule has 3 N–H and O–H groups in total. The molecule has 82 valence electrons. The lowest BCUT2D eigenvalue weighted by molar-refractivity contribution is 0.367. The zero-order valence-corrected chi connectivity index (χ0v) is 9.42. The van der Waals surface area contributed by atoms with Crippen molar-refractivity contribution in [2.75, 3.05) is 7.11 Å². The molecule has 0 radical (unpaired) electrons. The number of aryl methyl sites for hydroxylation is 1. The summed E-state index contributed by atoms with van der Waals surface area (Å²) in [5.74, 6) is 0.782. The normalized spacial score (nSPS) is 17.6. The fraction of sp³-hybridized carbons (Fsp3) is 0.500. The lowest BCUT2D eigenvalue weighted by Crippen LogP contribution is -2.20. The molecule has 0 bridgehead atoms. The number of ether oxygens (including phenoxy) is 1. The second kappa shape index (κ2) is 3.14. The van der Waals surface area contributed by atoms with Gasteiger partial charge < -0.3 is 15.6 Å². The molecule has 2 rings (SSSR count). The van der Waals surface area contributed by atoms with Crippen LogP contribution in [-0.4, -0.2) is 12.2 Å². The molecule has 1 saturated carbocycles. The van der Waals surface area contributed by atoms with E-state index in [0.717, 1.165) is 29.5 Å². The van der Waals surface area contributed by atoms with E-state index in [1.54, 1.807) is 7.11 Å². The van der Waals surface area contributed by atoms with Crippen molar-refractivity contribution in [3.8, 4) is 11.5 Å². The van der Waals surface area contributed by atoms with Crippen molar-refractivity contribution in [2.24, 2.45) is 5.73 Å². The Balaban J connectivity index is 2.62. The summed E-state index contributed by atoms with van der Waals surface area (Å²) < 4.78 is 5.21. The Hall–Kier alpha value is -1.22. The van der Waals surface area contributed by atoms with Crippen LogP contribution in [-0.2, 0) is 5.54 Å². The highest BCUT2D eigenvalue weighted by Gasteiger charge is 2.42. The van der Waals surface area contributed by atoms with Gasteiger partial charge in [-0.25, -0.2) is 0 Å². The minimum atomic E-state index is -0.185. The monoisotopic (exact) mass is 207 g/mol. The smallest absolute Gasteiger partial charge is 0.164 e. The molecule has 0 aliphatic heterocycles. The molecule has 15 heavy (non-hydrogen) atoms. The quantitative estimate of drug-likeness (QED) is 0.779. The number of benzene rings is 1. The van der Waals surface area contributed by atoms with Crippen LogP contribution in [0.1, 0.15) is 29.5 Å². The van der Waals surface area contributed by atoms with Crippen LogP contribution in [0, 0.1) is 13.8 Å². The van der Waals surface area contributed by atoms with E-state index in [1.165, 1.54) is 0 Å². The maximum absolute atomic E-state index is 9.82. The molecule has 1 aliphatic rings. The fourth-order valence-corrected chi connectivity index (χ4v) is 2.04. The molecule has 3 nitrogen and oxygen atoms in total. The SMILES string of the molecule is COc1c(C)c(C2(N)CC2)cc(C)c1O. The van der Waals surface area contributed by atoms with Crippen LogP contribution in [0.3, 0.4) is 0 Å². The summed E-state index contributed by atoms with van der Waals surface area (Å²) in [5, 5.41) is 9.82. The van der Waals surface area contributed by atoms with E-state index in [2.05, 4.69) is 0 Å². The Kier molecular flexibility index (Phi) is 2.15. The second-order valence-corrected chi connectivity index (χ2v) is 4.40. The van der Waals surface area contributed by atoms with Gasteiger partial charge in [0, 0.05) is 5.54 Å². The number of phenols is 1. The fourth-order valence-electron chi connectivity index (χ4n) is 2.04. The molecule has 1 fully saturated rings. The topological polar surface area (TPSA) is 55.5 Å². The summed E-state index contributed by atoms with van der Waals surface area (Å²) in [7, 11) is 1.57. The lowest BCUT2D eigenvalue weighted by atomic mass is 9.96. The summed E-state index contributed by atoms with van der Waals surface area (Å²) in [6, 6.07) is 1.97. The van der Waals surface area contributed by atoms with Gasteiger partial charge in [0.15, 0.2) is 11.5 Å². The van der Waals surface area contributed by atoms with E-state index in [9.17, 15) is 5.11 Å². The maximum atomic E-state index is 9.82. The van der Waals surface area contributed by atoms with E-state index in [1.807, 2.05) is 19.9 Å². The molecule has 1 aromatic rings. The Labute approximate surface area is 89.9 Å². The highest BCUT2D eigenvalue weighted by atomic mass is 16.5. The maximum Gasteiger partial charge on any atom is 0.164 e. The van der Waals surface area contributed by atoms with Crippen LogP contribution in [0.2, 0.25) is 0 Å². The molecule has 1 aliphatic carbocycles. The van der Waals surface area contributed by atoms with Gasteiger partial charge in [0.25, 0.3) is 0 Å². The molecule has 0 amide bonds. The van der Waals surface area contributed by atoms with Gasteiger partial charge >= 0.3 is 0 Å². The van der Waals surface area contributed by atoms with Crippen LogP contribution < -0.4 is 10.5 Å². The van der Waals surface area contributed by atoms with Crippen molar-refractivity contribution in [1.82, 2.24) is 0 Å². The van der Waals surface area contributed by atoms with Crippen LogP contribution in [0.5, 0.6) is 11.5 Å². The van der Waals surface area contributed by atoms with Crippen molar-refractivity contribution in [2.45, 2.75) is 32.2 Å². The molecule has 1 aromatic carbocycles. The number of rotatable bonds is 2. The molecule has 0 spiro atoms. The number of hydrogen-bond acceptors (Lipinski definition) is 3. The highest BCUT2D eigenvalue weighted by Crippen LogP contribution is 2.48. The molecule has 0 atom stereocenters. The van der Waals surface area contributed by atoms with Gasteiger partial charge in [-0.3, -0.25) is 0 Å². The molecular weight excluding hydrogens is 190 g/mol. The first-order chi connectivity index (χ1) is 6.99. The average Bonchev–Trinajstić information content (AvgIpc) is 2.92. The van der Waals surface area contributed by atoms with Gasteiger partial charge in [-0.2, -0.15) is 0 Å². The van der Waals surface area contributed by atoms with Crippen molar-refractivity contribution in [1.29, 1.82) is 0 Å². The van der Waals surface area contributed by atoms with Gasteiger partial charge in [0.05, 0.1) is 7.11 Å². The highest BCUT2D eigenvalue weighted by molar-refractivity contribution is 5.56. The van der Waals surface area contributed by atoms with Gasteiger partial charge in [0.2, 0.25) is 0 Å². The first-order valence-corrected chi connectivity index (χ1v) is 5.16. The predicted molar refractivity (Wildman–Crippen MR) is 59.2 cm³/mol. The zero-order valence-electron chi connectivity index (χ0n) is 9.42. The van der Waals surface area contributed by atoms with E-state index >= 15 is 0 Å². The number of hydrogen-bond donors (Lipinski definition) is 2. The number of methoxy groups -OCH3 is 1. The van der Waals surface area contributed by atoms with Gasteiger partial charge in [-0.05, 0) is 43.4 Å². The Morgan fingerprint density at radius 2 is 2.00 bits per heavy atom. The van der Waals surface area contributed by atoms with Crippen LogP contribution >= 0.6 is 0 Å². The molecule has 0 saturated heterocycles. The summed E-state index contributed by atoms with van der Waals surface area (Å²) >= 11 is 0. The minimum absolute atomic E-state index is 0.185. The molecule has 0 aromatic heterocycles. The summed E-state index contributed by atoms with van der Waals surface area (Å²) in [5.41, 5.74) is 8.88. The van der Waals surface area contributed by atoms with Crippen LogP contribution in [0.15, 0.2) is 6.07 Å². The van der Waals surface area contributed by atoms with Crippen molar-refractivity contribution < 1.29 is 9.84 Å². The second-order valence-electron chi connectivity index (χ2n) is 4.40. The standard InChI is InChI=1S/C12H17NO2/c1-7-6-9(12(13)4-5-12)8(2)11(15-3)10(7)14/h6,14H,4-5,13H2,1-3H3. The Morgan fingerprint density at radius 1 is 1.40 bits per heavy atom. The van der Waals surface area contributed by atoms with Crippen LogP contribution in [0.4, 0.5) is 0 Å². The molecule has 0 heterocycles. The summed E-state index contributed by atoms with van der Waals surface area (Å²) in [6.07, 6.45) is 2.03. The average molecular weight is 207 g/mol. The van der Waals surface area contributed by atoms with Gasteiger partial charge in [-0.15, -0.1) is 0 Å². The number of phenolic OH excluding ortho intramolecular Hbond substituents is 1. The first kappa shape index (κ1) is 10.3. The molecular formula is C12H17NO2. The van der Waals surface area contributed by atoms with Crippen molar-refractivity contribution in [3.63, 3.8) is 0 Å². The third-order valence-corrected chi connectivity index (χ3v) is 3.22. The van der Waals surface area contributed by atoms with Crippen molar-refractivity contribution >= 4 is 0 Å². The molecule has 3 heteroatoms. The van der Waals surface area contributed by atoms with Gasteiger partial charge in [0.1, 0.15) is 0 Å². The van der Waals surface area contributed by atoms with Crippen molar-refractivity contribution in [3.05, 3.63) is 22.8 Å². The first-order valence-electron chi connectivity index (χ1n) is 5.16. The minimum Gasteiger partial charge on any atom is -0.504 e. The van der Waals surface area contributed by atoms with Gasteiger partial charge in [-0.1, -0.05) is 6.07 Å². The number of aromatic hydroxyl groups is 1. The Morgan fingerprint density at radius 3 is 2.47 bits per heavy atom.